The second-order valence-corrected chi connectivity index (χ2v) is 16.4. The van der Waals surface area contributed by atoms with Crippen LogP contribution in [0.15, 0.2) is 90.4 Å². The average Bonchev–Trinajstić information content (AvgIpc) is 3.14. The van der Waals surface area contributed by atoms with Gasteiger partial charge in [-0.3, -0.25) is 19.2 Å². The first-order valence-electron chi connectivity index (χ1n) is 19.1. The summed E-state index contributed by atoms with van der Waals surface area (Å²) < 4.78 is 11.2. The Kier molecular flexibility index (Phi) is 18.0. The van der Waals surface area contributed by atoms with Gasteiger partial charge in [0.25, 0.3) is 0 Å². The lowest BCUT2D eigenvalue weighted by Crippen LogP contribution is -2.27. The number of unbranched alkanes of at least 4 members (excludes halogenated alkanes) is 4. The van der Waals surface area contributed by atoms with Crippen LogP contribution < -0.4 is 0 Å². The molecule has 0 fully saturated rings. The third-order valence-electron chi connectivity index (χ3n) is 9.48. The van der Waals surface area contributed by atoms with Crippen molar-refractivity contribution >= 4 is 81.1 Å². The van der Waals surface area contributed by atoms with Crippen molar-refractivity contribution in [1.82, 2.24) is 0 Å². The number of hydrogen-bond acceptors (Lipinski definition) is 6. The van der Waals surface area contributed by atoms with E-state index in [4.69, 9.17) is 55.9 Å². The van der Waals surface area contributed by atoms with Crippen molar-refractivity contribution in [3.63, 3.8) is 0 Å². The fourth-order valence-corrected chi connectivity index (χ4v) is 7.55. The molecule has 0 heterocycles. The fourth-order valence-electron chi connectivity index (χ4n) is 6.70. The second kappa shape index (κ2) is 22.4. The van der Waals surface area contributed by atoms with E-state index >= 15 is 0 Å². The van der Waals surface area contributed by atoms with Crippen LogP contribution in [0.4, 0.5) is 0 Å². The van der Waals surface area contributed by atoms with Gasteiger partial charge in [0.05, 0.1) is 11.1 Å². The van der Waals surface area contributed by atoms with E-state index in [1.165, 1.54) is 5.56 Å². The summed E-state index contributed by atoms with van der Waals surface area (Å²) >= 11 is 24.3. The Morgan fingerprint density at radius 1 is 0.691 bits per heavy atom. The summed E-state index contributed by atoms with van der Waals surface area (Å²) in [6, 6.07) is 24.7. The smallest absolute Gasteiger partial charge is 0.329 e. The van der Waals surface area contributed by atoms with Crippen molar-refractivity contribution < 1.29 is 28.7 Å². The lowest BCUT2D eigenvalue weighted by molar-refractivity contribution is -0.141. The zero-order valence-corrected chi connectivity index (χ0v) is 34.7. The van der Waals surface area contributed by atoms with Crippen LogP contribution in [-0.4, -0.2) is 34.8 Å². The summed E-state index contributed by atoms with van der Waals surface area (Å²) in [5.41, 5.74) is 3.21. The first-order valence-corrected chi connectivity index (χ1v) is 20.8. The highest BCUT2D eigenvalue weighted by molar-refractivity contribution is 6.36. The molecular formula is C45H50Cl4O6. The fraction of sp³-hybridized carbons (Fsp3) is 0.422. The molecule has 1 unspecified atom stereocenters. The zero-order chi connectivity index (χ0) is 39.8. The van der Waals surface area contributed by atoms with Gasteiger partial charge < -0.3 is 9.47 Å². The molecule has 0 aromatic heterocycles. The van der Waals surface area contributed by atoms with Gasteiger partial charge in [-0.25, -0.2) is 0 Å². The SMILES string of the molecule is CC1(C)CC(=O)C(c2ccccc2Cl)=C(OC(=O)CCCCCCc2ccccc2)C1.O=C1CCCC(OC(=O)C(Cl)CCCCCl)=C1c1ccccc1Cl. The van der Waals surface area contributed by atoms with Crippen LogP contribution in [0, 0.1) is 5.41 Å². The van der Waals surface area contributed by atoms with Crippen LogP contribution in [0.1, 0.15) is 114 Å². The number of alkyl halides is 2. The molecule has 0 aliphatic heterocycles. The molecule has 1 atom stereocenters. The van der Waals surface area contributed by atoms with Gasteiger partial charge in [-0.15, -0.1) is 23.2 Å². The van der Waals surface area contributed by atoms with E-state index in [2.05, 4.69) is 24.3 Å². The lowest BCUT2D eigenvalue weighted by Gasteiger charge is -2.31. The van der Waals surface area contributed by atoms with Gasteiger partial charge in [0, 0.05) is 59.2 Å². The van der Waals surface area contributed by atoms with Crippen molar-refractivity contribution in [3.05, 3.63) is 117 Å². The van der Waals surface area contributed by atoms with Crippen LogP contribution in [0.5, 0.6) is 0 Å². The summed E-state index contributed by atoms with van der Waals surface area (Å²) in [6.07, 6.45) is 9.99. The predicted octanol–water partition coefficient (Wildman–Crippen LogP) is 12.5. The summed E-state index contributed by atoms with van der Waals surface area (Å²) in [5.74, 6) is 0.484. The molecule has 0 bridgehead atoms. The highest BCUT2D eigenvalue weighted by atomic mass is 35.5. The molecule has 0 amide bonds. The number of hydrogen-bond donors (Lipinski definition) is 0. The molecule has 6 nitrogen and oxygen atoms in total. The Labute approximate surface area is 345 Å². The van der Waals surface area contributed by atoms with Gasteiger partial charge >= 0.3 is 11.9 Å². The van der Waals surface area contributed by atoms with Gasteiger partial charge in [0.15, 0.2) is 11.6 Å². The van der Waals surface area contributed by atoms with Gasteiger partial charge in [-0.2, -0.15) is 0 Å². The minimum atomic E-state index is -0.745. The Morgan fingerprint density at radius 3 is 1.93 bits per heavy atom. The van der Waals surface area contributed by atoms with Crippen LogP contribution in [0.25, 0.3) is 11.1 Å². The van der Waals surface area contributed by atoms with Crippen LogP contribution in [0.3, 0.4) is 0 Å². The Hall–Kier alpha value is -3.42. The van der Waals surface area contributed by atoms with E-state index in [1.54, 1.807) is 30.3 Å². The number of ether oxygens (including phenoxy) is 2. The van der Waals surface area contributed by atoms with Crippen molar-refractivity contribution in [1.29, 1.82) is 0 Å². The van der Waals surface area contributed by atoms with Crippen molar-refractivity contribution in [2.45, 2.75) is 109 Å². The molecule has 0 saturated heterocycles. The zero-order valence-electron chi connectivity index (χ0n) is 31.7. The Balaban J connectivity index is 0.000000253. The predicted molar refractivity (Wildman–Crippen MR) is 223 cm³/mol. The molecule has 2 aliphatic carbocycles. The number of Topliss-reactive ketones (excluding diaryl/α,β-unsaturated/α-hetero) is 2. The van der Waals surface area contributed by atoms with Crippen molar-refractivity contribution in [2.24, 2.45) is 5.41 Å². The molecule has 10 heteroatoms. The normalized spacial score (nSPS) is 16.0. The minimum absolute atomic E-state index is 0.0203. The molecule has 294 valence electrons. The first kappa shape index (κ1) is 44.3. The molecule has 0 spiro atoms. The molecule has 3 aromatic carbocycles. The second-order valence-electron chi connectivity index (χ2n) is 14.7. The summed E-state index contributed by atoms with van der Waals surface area (Å²) in [7, 11) is 0. The lowest BCUT2D eigenvalue weighted by atomic mass is 9.75. The number of carbonyl (C=O) groups is 4. The maximum Gasteiger partial charge on any atom is 0.329 e. The first-order chi connectivity index (χ1) is 26.4. The molecule has 5 rings (SSSR count). The van der Waals surface area contributed by atoms with E-state index in [0.717, 1.165) is 44.9 Å². The van der Waals surface area contributed by atoms with E-state index in [9.17, 15) is 19.2 Å². The van der Waals surface area contributed by atoms with E-state index in [0.29, 0.717) is 94.7 Å². The largest absolute Gasteiger partial charge is 0.430 e. The van der Waals surface area contributed by atoms with E-state index < -0.39 is 11.3 Å². The highest BCUT2D eigenvalue weighted by Crippen LogP contribution is 2.42. The van der Waals surface area contributed by atoms with Gasteiger partial charge in [-0.1, -0.05) is 123 Å². The number of aryl methyl sites for hydroxylation is 1. The van der Waals surface area contributed by atoms with Gasteiger partial charge in [0.1, 0.15) is 16.9 Å². The number of ketones is 2. The topological polar surface area (TPSA) is 86.7 Å². The Morgan fingerprint density at radius 2 is 1.29 bits per heavy atom. The quantitative estimate of drug-likeness (QED) is 0.0812. The van der Waals surface area contributed by atoms with Gasteiger partial charge in [-0.05, 0) is 61.6 Å². The molecule has 55 heavy (non-hydrogen) atoms. The Bertz CT molecular complexity index is 1850. The minimum Gasteiger partial charge on any atom is -0.430 e. The molecular weight excluding hydrogens is 778 g/mol. The van der Waals surface area contributed by atoms with Crippen LogP contribution in [0.2, 0.25) is 10.0 Å². The molecule has 2 aliphatic rings. The van der Waals surface area contributed by atoms with E-state index in [1.807, 2.05) is 38.1 Å². The van der Waals surface area contributed by atoms with Crippen molar-refractivity contribution in [2.75, 3.05) is 5.88 Å². The number of rotatable bonds is 16. The van der Waals surface area contributed by atoms with Crippen molar-refractivity contribution in [3.8, 4) is 0 Å². The highest BCUT2D eigenvalue weighted by Gasteiger charge is 2.36. The molecule has 3 aromatic rings. The number of carbonyl (C=O) groups excluding carboxylic acids is 4. The summed E-state index contributed by atoms with van der Waals surface area (Å²) in [5, 5.41) is 0.212. The van der Waals surface area contributed by atoms with Crippen LogP contribution >= 0.6 is 46.4 Å². The third-order valence-corrected chi connectivity index (χ3v) is 10.8. The molecule has 0 radical (unpaired) electrons. The maximum absolute atomic E-state index is 12.9. The van der Waals surface area contributed by atoms with Gasteiger partial charge in [0.2, 0.25) is 0 Å². The molecule has 0 N–H and O–H groups in total. The summed E-state index contributed by atoms with van der Waals surface area (Å²) in [4.78, 5) is 50.0. The number of allylic oxidation sites excluding steroid dienone is 4. The maximum atomic E-state index is 12.9. The number of esters is 2. The monoisotopic (exact) mass is 826 g/mol. The average molecular weight is 829 g/mol. The summed E-state index contributed by atoms with van der Waals surface area (Å²) in [6.45, 7) is 4.05. The number of benzene rings is 3. The number of halogens is 4. The van der Waals surface area contributed by atoms with E-state index in [-0.39, 0.29) is 23.0 Å². The standard InChI is InChI=1S/C27H31ClO3.C18H19Cl3O3/c1-27(2)18-23(29)26(21-15-10-11-16-22(21)28)24(19-27)31-25(30)17-9-4-3-6-12-20-13-7-5-8-14-20;19-11-4-3-8-14(21)18(23)24-16-10-5-9-15(22)17(16)12-6-1-2-7-13(12)20/h5,7-8,10-11,13-16H,3-4,6,9,12,17-19H2,1-2H3;1-2,6-7,14H,3-5,8-11H2. The third kappa shape index (κ3) is 13.9. The van der Waals surface area contributed by atoms with Crippen LogP contribution in [-0.2, 0) is 35.1 Å². The molecule has 0 saturated carbocycles.